The van der Waals surface area contributed by atoms with E-state index in [-0.39, 0.29) is 24.0 Å². The van der Waals surface area contributed by atoms with Crippen molar-refractivity contribution in [2.24, 2.45) is 0 Å². The molecule has 0 radical (unpaired) electrons. The average Bonchev–Trinajstić information content (AvgIpc) is 3.19. The Balaban J connectivity index is 1.67. The van der Waals surface area contributed by atoms with Crippen LogP contribution in [-0.4, -0.2) is 15.7 Å². The van der Waals surface area contributed by atoms with Gasteiger partial charge in [-0.1, -0.05) is 59.6 Å². The number of carbonyl (C=O) groups excluding carboxylic acids is 1. The van der Waals surface area contributed by atoms with Gasteiger partial charge in [0.2, 0.25) is 0 Å². The predicted octanol–water partition coefficient (Wildman–Crippen LogP) is 5.92. The maximum Gasteiger partial charge on any atom is 0.272 e. The van der Waals surface area contributed by atoms with Crippen molar-refractivity contribution in [1.82, 2.24) is 15.1 Å². The van der Waals surface area contributed by atoms with Crippen molar-refractivity contribution in [2.45, 2.75) is 6.54 Å². The summed E-state index contributed by atoms with van der Waals surface area (Å²) in [6.45, 7) is 0.258. The monoisotopic (exact) mass is 439 g/mol. The summed E-state index contributed by atoms with van der Waals surface area (Å²) in [4.78, 5) is 12.7. The van der Waals surface area contributed by atoms with E-state index in [9.17, 15) is 9.18 Å². The lowest BCUT2D eigenvalue weighted by Gasteiger charge is -2.09. The van der Waals surface area contributed by atoms with Gasteiger partial charge in [-0.05, 0) is 48.0 Å². The number of aromatic nitrogens is 2. The van der Waals surface area contributed by atoms with Crippen LogP contribution in [0.4, 0.5) is 4.39 Å². The van der Waals surface area contributed by atoms with Gasteiger partial charge in [0, 0.05) is 17.1 Å². The number of hydrogen-bond donors (Lipinski definition) is 1. The number of para-hydroxylation sites is 1. The van der Waals surface area contributed by atoms with Crippen molar-refractivity contribution in [3.8, 4) is 16.9 Å². The Bertz CT molecular complexity index is 1190. The number of nitrogens with one attached hydrogen (secondary N) is 1. The first-order chi connectivity index (χ1) is 14.5. The SMILES string of the molecule is O=C(NCc1ccc(F)cc1)c1cc(-c2ccc(Cl)cc2)n(-c2ccccc2Cl)n1. The molecular weight excluding hydrogens is 424 g/mol. The third-order valence-corrected chi connectivity index (χ3v) is 5.10. The summed E-state index contributed by atoms with van der Waals surface area (Å²) in [6.07, 6.45) is 0. The minimum absolute atomic E-state index is 0.238. The van der Waals surface area contributed by atoms with E-state index in [1.807, 2.05) is 30.3 Å². The second kappa shape index (κ2) is 8.69. The molecule has 7 heteroatoms. The quantitative estimate of drug-likeness (QED) is 0.419. The molecule has 0 aliphatic heterocycles. The van der Waals surface area contributed by atoms with Gasteiger partial charge >= 0.3 is 0 Å². The molecule has 1 amide bonds. The molecule has 4 rings (SSSR count). The summed E-state index contributed by atoms with van der Waals surface area (Å²) in [5, 5.41) is 8.42. The fraction of sp³-hybridized carbons (Fsp3) is 0.0435. The Labute approximate surface area is 182 Å². The zero-order valence-corrected chi connectivity index (χ0v) is 17.2. The van der Waals surface area contributed by atoms with Crippen LogP contribution in [0.5, 0.6) is 0 Å². The van der Waals surface area contributed by atoms with E-state index in [2.05, 4.69) is 10.4 Å². The highest BCUT2D eigenvalue weighted by Gasteiger charge is 2.18. The van der Waals surface area contributed by atoms with E-state index >= 15 is 0 Å². The lowest BCUT2D eigenvalue weighted by atomic mass is 10.1. The van der Waals surface area contributed by atoms with Gasteiger partial charge in [-0.2, -0.15) is 5.10 Å². The van der Waals surface area contributed by atoms with Crippen LogP contribution in [0.25, 0.3) is 16.9 Å². The Morgan fingerprint density at radius 2 is 1.67 bits per heavy atom. The summed E-state index contributed by atoms with van der Waals surface area (Å²) in [5.74, 6) is -0.670. The van der Waals surface area contributed by atoms with Crippen molar-refractivity contribution < 1.29 is 9.18 Å². The molecule has 0 unspecified atom stereocenters. The third kappa shape index (κ3) is 4.37. The lowest BCUT2D eigenvalue weighted by Crippen LogP contribution is -2.23. The molecule has 30 heavy (non-hydrogen) atoms. The molecule has 0 aliphatic carbocycles. The Morgan fingerprint density at radius 1 is 0.967 bits per heavy atom. The van der Waals surface area contributed by atoms with Crippen molar-refractivity contribution in [1.29, 1.82) is 0 Å². The Morgan fingerprint density at radius 3 is 2.37 bits per heavy atom. The fourth-order valence-electron chi connectivity index (χ4n) is 3.00. The molecule has 0 saturated carbocycles. The van der Waals surface area contributed by atoms with E-state index in [0.717, 1.165) is 11.1 Å². The number of carbonyl (C=O) groups is 1. The minimum atomic E-state index is -0.347. The molecule has 0 bridgehead atoms. The molecule has 150 valence electrons. The molecule has 4 aromatic rings. The molecule has 0 atom stereocenters. The highest BCUT2D eigenvalue weighted by atomic mass is 35.5. The zero-order chi connectivity index (χ0) is 21.1. The first-order valence-electron chi connectivity index (χ1n) is 9.15. The minimum Gasteiger partial charge on any atom is -0.347 e. The lowest BCUT2D eigenvalue weighted by molar-refractivity contribution is 0.0945. The Hall–Kier alpha value is -3.15. The topological polar surface area (TPSA) is 46.9 Å². The number of halogens is 3. The maximum absolute atomic E-state index is 13.1. The second-order valence-corrected chi connectivity index (χ2v) is 7.44. The smallest absolute Gasteiger partial charge is 0.272 e. The summed E-state index contributed by atoms with van der Waals surface area (Å²) < 4.78 is 14.7. The number of nitrogens with zero attached hydrogens (tertiary/aromatic N) is 2. The standard InChI is InChI=1S/C23H16Cl2FN3O/c24-17-9-7-16(8-10-17)22-13-20(28-29(22)21-4-2-1-3-19(21)25)23(30)27-14-15-5-11-18(26)12-6-15/h1-13H,14H2,(H,27,30). The summed E-state index contributed by atoms with van der Waals surface area (Å²) in [6, 6.07) is 22.2. The number of rotatable bonds is 5. The number of amides is 1. The van der Waals surface area contributed by atoms with Crippen molar-refractivity contribution in [3.05, 3.63) is 106 Å². The molecule has 1 N–H and O–H groups in total. The summed E-state index contributed by atoms with van der Waals surface area (Å²) >= 11 is 12.4. The van der Waals surface area contributed by atoms with Crippen LogP contribution < -0.4 is 5.32 Å². The van der Waals surface area contributed by atoms with Crippen molar-refractivity contribution in [2.75, 3.05) is 0 Å². The normalized spacial score (nSPS) is 10.8. The highest BCUT2D eigenvalue weighted by molar-refractivity contribution is 6.32. The van der Waals surface area contributed by atoms with Gasteiger partial charge in [-0.15, -0.1) is 0 Å². The predicted molar refractivity (Wildman–Crippen MR) is 117 cm³/mol. The number of benzene rings is 3. The van der Waals surface area contributed by atoms with E-state index in [0.29, 0.717) is 21.4 Å². The molecule has 0 saturated heterocycles. The van der Waals surface area contributed by atoms with Crippen LogP contribution in [0, 0.1) is 5.82 Å². The van der Waals surface area contributed by atoms with Gasteiger partial charge in [0.25, 0.3) is 5.91 Å². The molecule has 1 aromatic heterocycles. The van der Waals surface area contributed by atoms with Gasteiger partial charge < -0.3 is 5.32 Å². The van der Waals surface area contributed by atoms with Gasteiger partial charge in [0.1, 0.15) is 5.82 Å². The van der Waals surface area contributed by atoms with Gasteiger partial charge in [0.05, 0.1) is 16.4 Å². The first kappa shape index (κ1) is 20.1. The van der Waals surface area contributed by atoms with Gasteiger partial charge in [-0.3, -0.25) is 4.79 Å². The molecule has 0 spiro atoms. The van der Waals surface area contributed by atoms with Crippen molar-refractivity contribution in [3.63, 3.8) is 0 Å². The highest BCUT2D eigenvalue weighted by Crippen LogP contribution is 2.28. The average molecular weight is 440 g/mol. The van der Waals surface area contributed by atoms with Gasteiger partial charge in [0.15, 0.2) is 5.69 Å². The third-order valence-electron chi connectivity index (χ3n) is 4.53. The second-order valence-electron chi connectivity index (χ2n) is 6.59. The Kier molecular flexibility index (Phi) is 5.84. The largest absolute Gasteiger partial charge is 0.347 e. The first-order valence-corrected chi connectivity index (χ1v) is 9.90. The van der Waals surface area contributed by atoms with E-state index in [1.54, 1.807) is 41.1 Å². The zero-order valence-electron chi connectivity index (χ0n) is 15.6. The van der Waals surface area contributed by atoms with Gasteiger partial charge in [-0.25, -0.2) is 9.07 Å². The fourth-order valence-corrected chi connectivity index (χ4v) is 3.34. The summed E-state index contributed by atoms with van der Waals surface area (Å²) in [5.41, 5.74) is 3.22. The molecule has 4 nitrogen and oxygen atoms in total. The van der Waals surface area contributed by atoms with Crippen LogP contribution in [0.15, 0.2) is 78.9 Å². The van der Waals surface area contributed by atoms with Crippen LogP contribution in [0.3, 0.4) is 0 Å². The number of hydrogen-bond acceptors (Lipinski definition) is 2. The molecule has 1 heterocycles. The van der Waals surface area contributed by atoms with E-state index < -0.39 is 0 Å². The van der Waals surface area contributed by atoms with E-state index in [4.69, 9.17) is 23.2 Å². The molecule has 3 aromatic carbocycles. The molecule has 0 fully saturated rings. The van der Waals surface area contributed by atoms with Crippen LogP contribution >= 0.6 is 23.2 Å². The summed E-state index contributed by atoms with van der Waals surface area (Å²) in [7, 11) is 0. The van der Waals surface area contributed by atoms with Crippen molar-refractivity contribution >= 4 is 29.1 Å². The molecular formula is C23H16Cl2FN3O. The van der Waals surface area contributed by atoms with Crippen LogP contribution in [0.1, 0.15) is 16.1 Å². The molecule has 0 aliphatic rings. The maximum atomic E-state index is 13.1. The van der Waals surface area contributed by atoms with Crippen LogP contribution in [-0.2, 0) is 6.54 Å². The van der Waals surface area contributed by atoms with Crippen LogP contribution in [0.2, 0.25) is 10.0 Å². The van der Waals surface area contributed by atoms with E-state index in [1.165, 1.54) is 12.1 Å².